The van der Waals surface area contributed by atoms with E-state index in [-0.39, 0.29) is 11.7 Å². The van der Waals surface area contributed by atoms with Gasteiger partial charge in [-0.05, 0) is 62.1 Å². The molecule has 0 aliphatic carbocycles. The maximum absolute atomic E-state index is 12.6. The van der Waals surface area contributed by atoms with Crippen LogP contribution in [0.1, 0.15) is 37.3 Å². The summed E-state index contributed by atoms with van der Waals surface area (Å²) in [6.07, 6.45) is 2.70. The van der Waals surface area contributed by atoms with E-state index in [2.05, 4.69) is 5.10 Å². The molecule has 2 aromatic rings. The average Bonchev–Trinajstić information content (AvgIpc) is 2.73. The fourth-order valence-electron chi connectivity index (χ4n) is 3.19. The second kappa shape index (κ2) is 9.26. The lowest BCUT2D eigenvalue weighted by Gasteiger charge is -2.24. The maximum Gasteiger partial charge on any atom is 0.242 e. The zero-order chi connectivity index (χ0) is 19.9. The van der Waals surface area contributed by atoms with Gasteiger partial charge in [-0.2, -0.15) is 5.10 Å². The van der Waals surface area contributed by atoms with Crippen molar-refractivity contribution < 1.29 is 19.4 Å². The molecule has 0 unspecified atom stereocenters. The summed E-state index contributed by atoms with van der Waals surface area (Å²) in [6, 6.07) is 12.7. The molecule has 0 saturated carbocycles. The number of hydrogen-bond acceptors (Lipinski definition) is 5. The number of hydrazone groups is 1. The van der Waals surface area contributed by atoms with Crippen LogP contribution < -0.4 is 9.47 Å². The van der Waals surface area contributed by atoms with E-state index in [9.17, 15) is 9.90 Å². The highest BCUT2D eigenvalue weighted by molar-refractivity contribution is 6.02. The first-order chi connectivity index (χ1) is 13.6. The molecule has 2 aromatic carbocycles. The van der Waals surface area contributed by atoms with E-state index in [1.807, 2.05) is 37.3 Å². The minimum absolute atomic E-state index is 0.00354. The number of amides is 1. The first kappa shape index (κ1) is 19.7. The first-order valence-electron chi connectivity index (χ1n) is 9.57. The highest BCUT2D eigenvalue weighted by Crippen LogP contribution is 2.29. The van der Waals surface area contributed by atoms with Crippen LogP contribution in [0.5, 0.6) is 17.2 Å². The van der Waals surface area contributed by atoms with Gasteiger partial charge in [0.15, 0.2) is 11.5 Å². The summed E-state index contributed by atoms with van der Waals surface area (Å²) < 4.78 is 11.0. The second-order valence-corrected chi connectivity index (χ2v) is 6.63. The number of phenols is 1. The Labute approximate surface area is 165 Å². The van der Waals surface area contributed by atoms with Crippen molar-refractivity contribution in [2.75, 3.05) is 20.3 Å². The van der Waals surface area contributed by atoms with Gasteiger partial charge in [0.05, 0.1) is 19.4 Å². The minimum Gasteiger partial charge on any atom is -0.508 e. The Morgan fingerprint density at radius 1 is 1.18 bits per heavy atom. The summed E-state index contributed by atoms with van der Waals surface area (Å²) in [5.41, 5.74) is 2.84. The number of benzene rings is 2. The molecule has 0 spiro atoms. The molecule has 1 N–H and O–H groups in total. The fraction of sp³-hybridized carbons (Fsp3) is 0.364. The number of carbonyl (C=O) groups excluding carboxylic acids is 1. The predicted molar refractivity (Wildman–Crippen MR) is 108 cm³/mol. The zero-order valence-electron chi connectivity index (χ0n) is 16.4. The molecule has 0 saturated heterocycles. The van der Waals surface area contributed by atoms with Crippen LogP contribution in [0.4, 0.5) is 0 Å². The molecule has 0 aromatic heterocycles. The summed E-state index contributed by atoms with van der Waals surface area (Å²) >= 11 is 0. The van der Waals surface area contributed by atoms with Crippen LogP contribution >= 0.6 is 0 Å². The quantitative estimate of drug-likeness (QED) is 0.791. The first-order valence-corrected chi connectivity index (χ1v) is 9.57. The molecule has 3 rings (SSSR count). The van der Waals surface area contributed by atoms with Crippen molar-refractivity contribution in [3.8, 4) is 17.2 Å². The lowest BCUT2D eigenvalue weighted by Crippen LogP contribution is -2.32. The van der Waals surface area contributed by atoms with Crippen LogP contribution in [-0.2, 0) is 11.2 Å². The van der Waals surface area contributed by atoms with E-state index in [4.69, 9.17) is 9.47 Å². The Hall–Kier alpha value is -3.02. The third-order valence-corrected chi connectivity index (χ3v) is 4.67. The van der Waals surface area contributed by atoms with Gasteiger partial charge >= 0.3 is 0 Å². The van der Waals surface area contributed by atoms with Crippen molar-refractivity contribution in [3.05, 3.63) is 53.6 Å². The van der Waals surface area contributed by atoms with Crippen LogP contribution in [-0.4, -0.2) is 42.0 Å². The fourth-order valence-corrected chi connectivity index (χ4v) is 3.19. The largest absolute Gasteiger partial charge is 0.508 e. The molecule has 1 heterocycles. The van der Waals surface area contributed by atoms with Crippen molar-refractivity contribution in [2.24, 2.45) is 5.10 Å². The monoisotopic (exact) mass is 382 g/mol. The van der Waals surface area contributed by atoms with Crippen LogP contribution in [0, 0.1) is 0 Å². The Morgan fingerprint density at radius 3 is 2.68 bits per heavy atom. The van der Waals surface area contributed by atoms with Crippen molar-refractivity contribution in [1.82, 2.24) is 5.01 Å². The topological polar surface area (TPSA) is 71.4 Å². The van der Waals surface area contributed by atoms with E-state index in [0.29, 0.717) is 37.5 Å². The van der Waals surface area contributed by atoms with Crippen LogP contribution in [0.2, 0.25) is 0 Å². The van der Waals surface area contributed by atoms with Crippen molar-refractivity contribution in [2.45, 2.75) is 32.6 Å². The van der Waals surface area contributed by atoms with Gasteiger partial charge in [-0.1, -0.05) is 12.1 Å². The average molecular weight is 382 g/mol. The summed E-state index contributed by atoms with van der Waals surface area (Å²) in [7, 11) is 1.62. The zero-order valence-corrected chi connectivity index (χ0v) is 16.4. The van der Waals surface area contributed by atoms with Gasteiger partial charge in [0.1, 0.15) is 5.75 Å². The molecule has 28 heavy (non-hydrogen) atoms. The number of aromatic hydroxyl groups is 1. The standard InChI is InChI=1S/C22H26N2O4/c1-3-28-21-15-17(9-12-20(21)27-2)19-5-4-14-24(23-19)22(26)13-8-16-6-10-18(25)11-7-16/h6-7,9-12,15,25H,3-5,8,13-14H2,1-2H3. The van der Waals surface area contributed by atoms with E-state index >= 15 is 0 Å². The van der Waals surface area contributed by atoms with Gasteiger partial charge in [0, 0.05) is 18.5 Å². The number of ether oxygens (including phenoxy) is 2. The van der Waals surface area contributed by atoms with E-state index in [1.165, 1.54) is 0 Å². The third-order valence-electron chi connectivity index (χ3n) is 4.67. The number of aryl methyl sites for hydroxylation is 1. The number of methoxy groups -OCH3 is 1. The number of hydrogen-bond donors (Lipinski definition) is 1. The van der Waals surface area contributed by atoms with E-state index < -0.39 is 0 Å². The number of nitrogens with zero attached hydrogens (tertiary/aromatic N) is 2. The highest BCUT2D eigenvalue weighted by atomic mass is 16.5. The number of phenolic OH excluding ortho intramolecular Hbond substituents is 1. The molecular weight excluding hydrogens is 356 g/mol. The summed E-state index contributed by atoms with van der Waals surface area (Å²) in [4.78, 5) is 12.6. The summed E-state index contributed by atoms with van der Waals surface area (Å²) in [6.45, 7) is 3.11. The van der Waals surface area contributed by atoms with Gasteiger partial charge in [0.25, 0.3) is 0 Å². The Balaban J connectivity index is 1.70. The maximum atomic E-state index is 12.6. The summed E-state index contributed by atoms with van der Waals surface area (Å²) in [5.74, 6) is 1.60. The molecule has 148 valence electrons. The van der Waals surface area contributed by atoms with Gasteiger partial charge < -0.3 is 14.6 Å². The van der Waals surface area contributed by atoms with Crippen molar-refractivity contribution >= 4 is 11.6 Å². The van der Waals surface area contributed by atoms with Crippen molar-refractivity contribution in [1.29, 1.82) is 0 Å². The van der Waals surface area contributed by atoms with Gasteiger partial charge in [-0.25, -0.2) is 5.01 Å². The molecule has 0 fully saturated rings. The lowest BCUT2D eigenvalue weighted by atomic mass is 10.0. The number of rotatable bonds is 7. The Kier molecular flexibility index (Phi) is 6.53. The number of carbonyl (C=O) groups is 1. The molecule has 1 amide bonds. The van der Waals surface area contributed by atoms with E-state index in [0.717, 1.165) is 29.7 Å². The molecular formula is C22H26N2O4. The van der Waals surface area contributed by atoms with Crippen LogP contribution in [0.25, 0.3) is 0 Å². The predicted octanol–water partition coefficient (Wildman–Crippen LogP) is 3.76. The van der Waals surface area contributed by atoms with Gasteiger partial charge in [0.2, 0.25) is 5.91 Å². The SMILES string of the molecule is CCOc1cc(C2=NN(C(=O)CCc3ccc(O)cc3)CCC2)ccc1OC. The molecule has 6 heteroatoms. The Bertz CT molecular complexity index is 846. The highest BCUT2D eigenvalue weighted by Gasteiger charge is 2.20. The smallest absolute Gasteiger partial charge is 0.242 e. The molecule has 1 aliphatic heterocycles. The molecule has 1 aliphatic rings. The minimum atomic E-state index is 0.00354. The van der Waals surface area contributed by atoms with Crippen LogP contribution in [0.15, 0.2) is 47.6 Å². The Morgan fingerprint density at radius 2 is 1.96 bits per heavy atom. The third kappa shape index (κ3) is 4.82. The lowest BCUT2D eigenvalue weighted by molar-refractivity contribution is -0.131. The van der Waals surface area contributed by atoms with Gasteiger partial charge in [-0.3, -0.25) is 4.79 Å². The van der Waals surface area contributed by atoms with Crippen LogP contribution in [0.3, 0.4) is 0 Å². The second-order valence-electron chi connectivity index (χ2n) is 6.63. The molecule has 0 bridgehead atoms. The van der Waals surface area contributed by atoms with Gasteiger partial charge in [-0.15, -0.1) is 0 Å². The molecule has 0 radical (unpaired) electrons. The van der Waals surface area contributed by atoms with Crippen molar-refractivity contribution in [3.63, 3.8) is 0 Å². The molecule has 6 nitrogen and oxygen atoms in total. The van der Waals surface area contributed by atoms with E-state index in [1.54, 1.807) is 24.3 Å². The normalized spacial score (nSPS) is 13.8. The molecule has 0 atom stereocenters. The summed E-state index contributed by atoms with van der Waals surface area (Å²) in [5, 5.41) is 15.5.